The SMILES string of the molecule is O=C(O)Cn1c(=O)n(C2CCN(S(=O)(=O)c3cccc4cccnc34)CC2)c2ncc(F)cc21. The summed E-state index contributed by atoms with van der Waals surface area (Å²) in [7, 11) is -3.83. The lowest BCUT2D eigenvalue weighted by Crippen LogP contribution is -2.41. The third-order valence-corrected chi connectivity index (χ3v) is 8.00. The molecule has 1 N–H and O–H groups in total. The monoisotopic (exact) mass is 485 g/mol. The van der Waals surface area contributed by atoms with Crippen LogP contribution in [0.2, 0.25) is 0 Å². The van der Waals surface area contributed by atoms with Crippen LogP contribution in [0.15, 0.2) is 58.5 Å². The van der Waals surface area contributed by atoms with Crippen LogP contribution >= 0.6 is 0 Å². The van der Waals surface area contributed by atoms with E-state index in [1.54, 1.807) is 30.5 Å². The Kier molecular flexibility index (Phi) is 5.41. The molecule has 0 atom stereocenters. The largest absolute Gasteiger partial charge is 0.480 e. The number of para-hydroxylation sites is 1. The smallest absolute Gasteiger partial charge is 0.331 e. The first-order valence-electron chi connectivity index (χ1n) is 10.6. The van der Waals surface area contributed by atoms with Gasteiger partial charge in [-0.15, -0.1) is 0 Å². The van der Waals surface area contributed by atoms with Crippen molar-refractivity contribution in [2.24, 2.45) is 0 Å². The number of sulfonamides is 1. The molecule has 0 amide bonds. The molecule has 34 heavy (non-hydrogen) atoms. The first kappa shape index (κ1) is 22.2. The summed E-state index contributed by atoms with van der Waals surface area (Å²) in [5, 5.41) is 9.90. The van der Waals surface area contributed by atoms with Crippen LogP contribution in [0.1, 0.15) is 18.9 Å². The molecule has 1 aliphatic heterocycles. The molecule has 1 aliphatic rings. The number of hydrogen-bond donors (Lipinski definition) is 1. The fourth-order valence-corrected chi connectivity index (χ4v) is 6.15. The summed E-state index contributed by atoms with van der Waals surface area (Å²) in [6.45, 7) is -0.334. The fourth-order valence-electron chi connectivity index (χ4n) is 4.51. The minimum absolute atomic E-state index is 0.0873. The summed E-state index contributed by atoms with van der Waals surface area (Å²) in [5.74, 6) is -1.93. The van der Waals surface area contributed by atoms with Gasteiger partial charge in [0.15, 0.2) is 5.65 Å². The quantitative estimate of drug-likeness (QED) is 0.458. The van der Waals surface area contributed by atoms with E-state index in [1.165, 1.54) is 14.9 Å². The van der Waals surface area contributed by atoms with E-state index in [1.807, 2.05) is 0 Å². The van der Waals surface area contributed by atoms with E-state index in [-0.39, 0.29) is 29.1 Å². The van der Waals surface area contributed by atoms with Crippen LogP contribution in [0.3, 0.4) is 0 Å². The van der Waals surface area contributed by atoms with Gasteiger partial charge in [0.2, 0.25) is 10.0 Å². The predicted octanol–water partition coefficient (Wildman–Crippen LogP) is 2.00. The lowest BCUT2D eigenvalue weighted by atomic mass is 10.1. The highest BCUT2D eigenvalue weighted by atomic mass is 32.2. The molecule has 1 saturated heterocycles. The molecule has 1 fully saturated rings. The van der Waals surface area contributed by atoms with Crippen molar-refractivity contribution in [1.29, 1.82) is 0 Å². The number of aliphatic carboxylic acids is 1. The van der Waals surface area contributed by atoms with Gasteiger partial charge in [0.25, 0.3) is 0 Å². The van der Waals surface area contributed by atoms with Gasteiger partial charge in [0.05, 0.1) is 17.2 Å². The summed E-state index contributed by atoms with van der Waals surface area (Å²) < 4.78 is 44.2. The number of imidazole rings is 1. The first-order valence-corrected chi connectivity index (χ1v) is 12.0. The maximum absolute atomic E-state index is 13.8. The Morgan fingerprint density at radius 1 is 1.15 bits per heavy atom. The molecule has 10 nitrogen and oxygen atoms in total. The van der Waals surface area contributed by atoms with Crippen molar-refractivity contribution in [3.8, 4) is 0 Å². The average molecular weight is 485 g/mol. The van der Waals surface area contributed by atoms with Gasteiger partial charge in [-0.1, -0.05) is 18.2 Å². The molecule has 4 aromatic rings. The Labute approximate surface area is 192 Å². The van der Waals surface area contributed by atoms with E-state index in [9.17, 15) is 27.5 Å². The number of aromatic nitrogens is 4. The van der Waals surface area contributed by atoms with Gasteiger partial charge in [0.1, 0.15) is 17.3 Å². The zero-order valence-electron chi connectivity index (χ0n) is 17.8. The predicted molar refractivity (Wildman–Crippen MR) is 120 cm³/mol. The molecule has 0 unspecified atom stereocenters. The minimum atomic E-state index is -3.83. The lowest BCUT2D eigenvalue weighted by Gasteiger charge is -2.31. The van der Waals surface area contributed by atoms with E-state index < -0.39 is 40.1 Å². The molecule has 4 heterocycles. The molecule has 176 valence electrons. The van der Waals surface area contributed by atoms with E-state index in [0.717, 1.165) is 22.2 Å². The van der Waals surface area contributed by atoms with E-state index in [4.69, 9.17) is 0 Å². The van der Waals surface area contributed by atoms with E-state index in [0.29, 0.717) is 18.4 Å². The molecule has 0 aliphatic carbocycles. The highest BCUT2D eigenvalue weighted by molar-refractivity contribution is 7.89. The van der Waals surface area contributed by atoms with E-state index in [2.05, 4.69) is 9.97 Å². The number of pyridine rings is 2. The van der Waals surface area contributed by atoms with Gasteiger partial charge in [0, 0.05) is 36.8 Å². The van der Waals surface area contributed by atoms with Crippen molar-refractivity contribution in [3.05, 3.63) is 65.1 Å². The van der Waals surface area contributed by atoms with Crippen LogP contribution in [-0.2, 0) is 21.4 Å². The van der Waals surface area contributed by atoms with Crippen LogP contribution < -0.4 is 5.69 Å². The zero-order valence-corrected chi connectivity index (χ0v) is 18.7. The summed E-state index contributed by atoms with van der Waals surface area (Å²) in [6.07, 6.45) is 3.13. The molecule has 0 bridgehead atoms. The van der Waals surface area contributed by atoms with Gasteiger partial charge in [-0.25, -0.2) is 22.6 Å². The topological polar surface area (TPSA) is 127 Å². The minimum Gasteiger partial charge on any atom is -0.480 e. The van der Waals surface area contributed by atoms with Crippen molar-refractivity contribution in [2.45, 2.75) is 30.3 Å². The molecule has 0 spiro atoms. The van der Waals surface area contributed by atoms with Gasteiger partial charge in [-0.05, 0) is 25.0 Å². The molecular formula is C22H20FN5O5S. The number of carboxylic acid groups (broad SMARTS) is 1. The summed E-state index contributed by atoms with van der Waals surface area (Å²) >= 11 is 0. The van der Waals surface area contributed by atoms with Gasteiger partial charge in [-0.3, -0.25) is 18.9 Å². The van der Waals surface area contributed by atoms with Crippen LogP contribution in [-0.4, -0.2) is 56.0 Å². The number of carboxylic acids is 1. The Bertz CT molecular complexity index is 1580. The highest BCUT2D eigenvalue weighted by Crippen LogP contribution is 2.30. The van der Waals surface area contributed by atoms with Crippen molar-refractivity contribution in [2.75, 3.05) is 13.1 Å². The average Bonchev–Trinajstić information content (AvgIpc) is 3.09. The van der Waals surface area contributed by atoms with Crippen molar-refractivity contribution >= 4 is 38.1 Å². The third kappa shape index (κ3) is 3.64. The Balaban J connectivity index is 1.46. The van der Waals surface area contributed by atoms with Gasteiger partial charge < -0.3 is 5.11 Å². The van der Waals surface area contributed by atoms with Crippen molar-refractivity contribution < 1.29 is 22.7 Å². The second-order valence-corrected chi connectivity index (χ2v) is 10.0. The number of halogens is 1. The van der Waals surface area contributed by atoms with Crippen molar-refractivity contribution in [1.82, 2.24) is 23.4 Å². The van der Waals surface area contributed by atoms with Crippen LogP contribution in [0.5, 0.6) is 0 Å². The standard InChI is InChI=1S/C22H20FN5O5S/c23-15-11-17-21(25-12-15)28(22(31)27(17)13-19(29)30)16-6-9-26(10-7-16)34(32,33)18-5-1-3-14-4-2-8-24-20(14)18/h1-5,8,11-12,16H,6-7,9-10,13H2,(H,29,30). The highest BCUT2D eigenvalue weighted by Gasteiger charge is 2.33. The number of rotatable bonds is 5. The van der Waals surface area contributed by atoms with Crippen LogP contribution in [0.25, 0.3) is 22.1 Å². The number of hydrogen-bond acceptors (Lipinski definition) is 6. The normalized spacial score (nSPS) is 15.8. The molecule has 0 saturated carbocycles. The Morgan fingerprint density at radius 2 is 1.88 bits per heavy atom. The van der Waals surface area contributed by atoms with Gasteiger partial charge >= 0.3 is 11.7 Å². The second kappa shape index (κ2) is 8.29. The molecule has 3 aromatic heterocycles. The second-order valence-electron chi connectivity index (χ2n) is 8.10. The Morgan fingerprint density at radius 3 is 2.62 bits per heavy atom. The van der Waals surface area contributed by atoms with Crippen LogP contribution in [0.4, 0.5) is 4.39 Å². The van der Waals surface area contributed by atoms with E-state index >= 15 is 0 Å². The summed E-state index contributed by atoms with van der Waals surface area (Å²) in [4.78, 5) is 32.7. The molecule has 0 radical (unpaired) electrons. The maximum atomic E-state index is 13.8. The molecule has 5 rings (SSSR count). The third-order valence-electron chi connectivity index (χ3n) is 6.07. The lowest BCUT2D eigenvalue weighted by molar-refractivity contribution is -0.137. The van der Waals surface area contributed by atoms with Gasteiger partial charge in [-0.2, -0.15) is 4.31 Å². The number of benzene rings is 1. The van der Waals surface area contributed by atoms with Crippen molar-refractivity contribution in [3.63, 3.8) is 0 Å². The number of fused-ring (bicyclic) bond motifs is 2. The Hall–Kier alpha value is -3.64. The molecule has 1 aromatic carbocycles. The molecular weight excluding hydrogens is 465 g/mol. The number of piperidine rings is 1. The number of carbonyl (C=O) groups is 1. The maximum Gasteiger partial charge on any atom is 0.331 e. The number of nitrogens with zero attached hydrogens (tertiary/aromatic N) is 5. The van der Waals surface area contributed by atoms with Crippen LogP contribution in [0, 0.1) is 5.82 Å². The summed E-state index contributed by atoms with van der Waals surface area (Å²) in [6, 6.07) is 9.19. The first-order chi connectivity index (χ1) is 16.3. The molecule has 12 heteroatoms. The fraction of sp³-hybridized carbons (Fsp3) is 0.273. The summed E-state index contributed by atoms with van der Waals surface area (Å²) in [5.41, 5.74) is 0.0397. The zero-order chi connectivity index (χ0) is 24.0.